The second-order valence-electron chi connectivity index (χ2n) is 6.87. The number of aromatic nitrogens is 1. The van der Waals surface area contributed by atoms with Gasteiger partial charge in [0, 0.05) is 57.2 Å². The molecule has 2 atom stereocenters. The van der Waals surface area contributed by atoms with Gasteiger partial charge in [0.2, 0.25) is 5.91 Å². The summed E-state index contributed by atoms with van der Waals surface area (Å²) in [5.74, 6) is -0.992. The van der Waals surface area contributed by atoms with Crippen molar-refractivity contribution in [3.8, 4) is 0 Å². The number of amides is 1. The van der Waals surface area contributed by atoms with Crippen LogP contribution in [0.25, 0.3) is 0 Å². The summed E-state index contributed by atoms with van der Waals surface area (Å²) in [6, 6.07) is 5.81. The summed E-state index contributed by atoms with van der Waals surface area (Å²) in [4.78, 5) is 34.7. The van der Waals surface area contributed by atoms with Crippen LogP contribution in [-0.4, -0.2) is 88.5 Å². The van der Waals surface area contributed by atoms with Crippen LogP contribution in [0.3, 0.4) is 0 Å². The van der Waals surface area contributed by atoms with E-state index in [9.17, 15) is 14.7 Å². The molecule has 0 saturated carbocycles. The van der Waals surface area contributed by atoms with E-state index in [0.29, 0.717) is 32.6 Å². The molecule has 2 saturated heterocycles. The fourth-order valence-electron chi connectivity index (χ4n) is 3.74. The lowest BCUT2D eigenvalue weighted by Gasteiger charge is -2.41. The van der Waals surface area contributed by atoms with Crippen LogP contribution in [0.4, 0.5) is 0 Å². The van der Waals surface area contributed by atoms with Crippen molar-refractivity contribution in [3.05, 3.63) is 30.1 Å². The number of carbonyl (C=O) groups is 2. The number of hydrogen-bond acceptors (Lipinski definition) is 5. The summed E-state index contributed by atoms with van der Waals surface area (Å²) in [5, 5.41) is 9.45. The van der Waals surface area contributed by atoms with Crippen LogP contribution in [-0.2, 0) is 16.0 Å². The SMILES string of the molecule is CCN1CC(C(=O)O)CN2CCN(C(=O)Cc3ccccn3)CC2C1. The first-order chi connectivity index (χ1) is 12.1. The predicted molar refractivity (Wildman–Crippen MR) is 93.1 cm³/mol. The van der Waals surface area contributed by atoms with Crippen molar-refractivity contribution in [2.75, 3.05) is 45.8 Å². The van der Waals surface area contributed by atoms with Crippen LogP contribution < -0.4 is 0 Å². The molecule has 3 heterocycles. The van der Waals surface area contributed by atoms with Crippen LogP contribution >= 0.6 is 0 Å². The Balaban J connectivity index is 1.65. The molecule has 2 unspecified atom stereocenters. The number of likely N-dealkylation sites (N-methyl/N-ethyl adjacent to an activating group) is 1. The molecule has 0 radical (unpaired) electrons. The Morgan fingerprint density at radius 1 is 1.20 bits per heavy atom. The van der Waals surface area contributed by atoms with Crippen molar-refractivity contribution < 1.29 is 14.7 Å². The molecule has 136 valence electrons. The fraction of sp³-hybridized carbons (Fsp3) is 0.611. The van der Waals surface area contributed by atoms with Gasteiger partial charge in [0.25, 0.3) is 0 Å². The van der Waals surface area contributed by atoms with Crippen LogP contribution in [0.5, 0.6) is 0 Å². The highest BCUT2D eigenvalue weighted by Gasteiger charge is 2.36. The zero-order chi connectivity index (χ0) is 17.8. The number of carboxylic acids is 1. The number of carboxylic acid groups (broad SMARTS) is 1. The van der Waals surface area contributed by atoms with E-state index in [1.165, 1.54) is 0 Å². The Kier molecular flexibility index (Phi) is 5.65. The monoisotopic (exact) mass is 346 g/mol. The molecule has 2 aliphatic heterocycles. The minimum Gasteiger partial charge on any atom is -0.481 e. The third kappa shape index (κ3) is 4.35. The largest absolute Gasteiger partial charge is 0.481 e. The molecule has 1 aromatic rings. The van der Waals surface area contributed by atoms with Crippen LogP contribution in [0.2, 0.25) is 0 Å². The molecule has 2 fully saturated rings. The van der Waals surface area contributed by atoms with Gasteiger partial charge in [-0.1, -0.05) is 13.0 Å². The highest BCUT2D eigenvalue weighted by molar-refractivity contribution is 5.78. The first-order valence-corrected chi connectivity index (χ1v) is 8.93. The lowest BCUT2D eigenvalue weighted by molar-refractivity contribution is -0.143. The molecule has 7 heteroatoms. The molecule has 25 heavy (non-hydrogen) atoms. The molecule has 0 bridgehead atoms. The van der Waals surface area contributed by atoms with E-state index in [-0.39, 0.29) is 17.9 Å². The van der Waals surface area contributed by atoms with Crippen molar-refractivity contribution in [2.45, 2.75) is 19.4 Å². The first-order valence-electron chi connectivity index (χ1n) is 8.93. The van der Waals surface area contributed by atoms with Gasteiger partial charge in [-0.25, -0.2) is 0 Å². The van der Waals surface area contributed by atoms with E-state index in [1.54, 1.807) is 6.20 Å². The minimum atomic E-state index is -0.729. The molecule has 7 nitrogen and oxygen atoms in total. The maximum atomic E-state index is 12.6. The Labute approximate surface area is 148 Å². The Bertz CT molecular complexity index is 610. The Morgan fingerprint density at radius 3 is 2.72 bits per heavy atom. The zero-order valence-corrected chi connectivity index (χ0v) is 14.7. The quantitative estimate of drug-likeness (QED) is 0.838. The van der Waals surface area contributed by atoms with Gasteiger partial charge >= 0.3 is 5.97 Å². The normalized spacial score (nSPS) is 25.2. The maximum Gasteiger partial charge on any atom is 0.309 e. The second-order valence-corrected chi connectivity index (χ2v) is 6.87. The molecule has 3 rings (SSSR count). The number of carbonyl (C=O) groups excluding carboxylic acids is 1. The van der Waals surface area contributed by atoms with Gasteiger partial charge in [0.15, 0.2) is 0 Å². The van der Waals surface area contributed by atoms with Crippen molar-refractivity contribution in [2.24, 2.45) is 5.92 Å². The predicted octanol–water partition coefficient (Wildman–Crippen LogP) is 0.173. The molecule has 0 spiro atoms. The number of hydrogen-bond donors (Lipinski definition) is 1. The van der Waals surface area contributed by atoms with Crippen molar-refractivity contribution in [3.63, 3.8) is 0 Å². The summed E-state index contributed by atoms with van der Waals surface area (Å²) >= 11 is 0. The smallest absolute Gasteiger partial charge is 0.309 e. The zero-order valence-electron chi connectivity index (χ0n) is 14.7. The number of aliphatic carboxylic acids is 1. The summed E-state index contributed by atoms with van der Waals surface area (Å²) in [7, 11) is 0. The van der Waals surface area contributed by atoms with E-state index in [0.717, 1.165) is 25.3 Å². The average molecular weight is 346 g/mol. The average Bonchev–Trinajstić information content (AvgIpc) is 2.81. The number of pyridine rings is 1. The van der Waals surface area contributed by atoms with Gasteiger partial charge < -0.3 is 14.9 Å². The summed E-state index contributed by atoms with van der Waals surface area (Å²) in [6.07, 6.45) is 2.03. The van der Waals surface area contributed by atoms with Crippen molar-refractivity contribution in [1.29, 1.82) is 0 Å². The van der Waals surface area contributed by atoms with Crippen molar-refractivity contribution >= 4 is 11.9 Å². The molecule has 0 aliphatic carbocycles. The standard InChI is InChI=1S/C18H26N4O3/c1-2-20-10-14(18(24)25)11-21-7-8-22(13-16(21)12-20)17(23)9-15-5-3-4-6-19-15/h3-6,14,16H,2,7-13H2,1H3,(H,24,25). The lowest BCUT2D eigenvalue weighted by Crippen LogP contribution is -2.57. The van der Waals surface area contributed by atoms with Crippen LogP contribution in [0.15, 0.2) is 24.4 Å². The third-order valence-electron chi connectivity index (χ3n) is 5.21. The highest BCUT2D eigenvalue weighted by Crippen LogP contribution is 2.19. The minimum absolute atomic E-state index is 0.0976. The summed E-state index contributed by atoms with van der Waals surface area (Å²) < 4.78 is 0. The van der Waals surface area contributed by atoms with E-state index in [2.05, 4.69) is 21.7 Å². The molecule has 1 N–H and O–H groups in total. The second kappa shape index (κ2) is 7.93. The highest BCUT2D eigenvalue weighted by atomic mass is 16.4. The van der Waals surface area contributed by atoms with Crippen LogP contribution in [0.1, 0.15) is 12.6 Å². The van der Waals surface area contributed by atoms with Gasteiger partial charge in [-0.3, -0.25) is 19.5 Å². The van der Waals surface area contributed by atoms with Crippen LogP contribution in [0, 0.1) is 5.92 Å². The molecule has 0 aromatic carbocycles. The van der Waals surface area contributed by atoms with Gasteiger partial charge in [-0.05, 0) is 18.7 Å². The number of fused-ring (bicyclic) bond motifs is 1. The first kappa shape index (κ1) is 17.8. The molecule has 1 amide bonds. The molecule has 2 aliphatic rings. The molecular formula is C18H26N4O3. The Morgan fingerprint density at radius 2 is 2.04 bits per heavy atom. The van der Waals surface area contributed by atoms with Gasteiger partial charge in [-0.15, -0.1) is 0 Å². The van der Waals surface area contributed by atoms with E-state index in [1.807, 2.05) is 23.1 Å². The maximum absolute atomic E-state index is 12.6. The van der Waals surface area contributed by atoms with Crippen molar-refractivity contribution in [1.82, 2.24) is 19.7 Å². The van der Waals surface area contributed by atoms with Gasteiger partial charge in [-0.2, -0.15) is 0 Å². The topological polar surface area (TPSA) is 77.0 Å². The third-order valence-corrected chi connectivity index (χ3v) is 5.21. The Hall–Kier alpha value is -1.99. The number of rotatable bonds is 4. The van der Waals surface area contributed by atoms with E-state index >= 15 is 0 Å². The lowest BCUT2D eigenvalue weighted by atomic mass is 10.1. The molecule has 1 aromatic heterocycles. The molecular weight excluding hydrogens is 320 g/mol. The van der Waals surface area contributed by atoms with Gasteiger partial charge in [0.05, 0.1) is 12.3 Å². The summed E-state index contributed by atoms with van der Waals surface area (Å²) in [5.41, 5.74) is 0.789. The number of nitrogens with zero attached hydrogens (tertiary/aromatic N) is 4. The summed E-state index contributed by atoms with van der Waals surface area (Å²) in [6.45, 7) is 6.90. The van der Waals surface area contributed by atoms with Gasteiger partial charge in [0.1, 0.15) is 0 Å². The fourth-order valence-corrected chi connectivity index (χ4v) is 3.74. The van der Waals surface area contributed by atoms with E-state index in [4.69, 9.17) is 0 Å². The van der Waals surface area contributed by atoms with E-state index < -0.39 is 5.97 Å². The number of piperazine rings is 1.